The molecule has 1 amide bonds. The predicted molar refractivity (Wildman–Crippen MR) is 95.2 cm³/mol. The van der Waals surface area contributed by atoms with Crippen LogP contribution in [0.1, 0.15) is 48.5 Å². The molecule has 0 aliphatic carbocycles. The first-order valence-electron chi connectivity index (χ1n) is 8.94. The molecule has 0 spiro atoms. The zero-order valence-electron chi connectivity index (χ0n) is 17.3. The smallest absolute Gasteiger partial charge is 0.407 e. The molecule has 1 aliphatic heterocycles. The van der Waals surface area contributed by atoms with Crippen molar-refractivity contribution in [2.24, 2.45) is 0 Å². The summed E-state index contributed by atoms with van der Waals surface area (Å²) < 4.78 is 26.8. The molecular formula is C18H29NO9. The molecule has 1 saturated heterocycles. The van der Waals surface area contributed by atoms with Gasteiger partial charge in [-0.05, 0) is 27.7 Å². The second kappa shape index (κ2) is 9.72. The molecule has 10 nitrogen and oxygen atoms in total. The van der Waals surface area contributed by atoms with Crippen molar-refractivity contribution in [3.8, 4) is 0 Å². The number of alkyl carbamates (subject to hydrolysis) is 1. The normalized spacial score (nSPS) is 27.3. The van der Waals surface area contributed by atoms with Crippen LogP contribution in [0.5, 0.6) is 0 Å². The number of hydrogen-bond acceptors (Lipinski definition) is 9. The quantitative estimate of drug-likeness (QED) is 0.530. The summed E-state index contributed by atoms with van der Waals surface area (Å²) in [6.45, 7) is 10.3. The van der Waals surface area contributed by atoms with Crippen LogP contribution in [0.25, 0.3) is 0 Å². The van der Waals surface area contributed by atoms with Crippen LogP contribution in [0.3, 0.4) is 0 Å². The van der Waals surface area contributed by atoms with Gasteiger partial charge in [-0.15, -0.1) is 0 Å². The summed E-state index contributed by atoms with van der Waals surface area (Å²) in [6, 6.07) is 0. The summed E-state index contributed by atoms with van der Waals surface area (Å²) in [7, 11) is 0. The zero-order chi connectivity index (χ0) is 21.6. The zero-order valence-corrected chi connectivity index (χ0v) is 17.3. The molecule has 1 rings (SSSR count). The third-order valence-electron chi connectivity index (χ3n) is 3.62. The fourth-order valence-electron chi connectivity index (χ4n) is 2.77. The van der Waals surface area contributed by atoms with E-state index in [1.807, 2.05) is 0 Å². The van der Waals surface area contributed by atoms with Gasteiger partial charge >= 0.3 is 24.0 Å². The van der Waals surface area contributed by atoms with E-state index in [1.165, 1.54) is 20.8 Å². The van der Waals surface area contributed by atoms with E-state index < -0.39 is 60.1 Å². The maximum atomic E-state index is 11.9. The molecule has 28 heavy (non-hydrogen) atoms. The van der Waals surface area contributed by atoms with E-state index in [1.54, 1.807) is 27.7 Å². The van der Waals surface area contributed by atoms with E-state index in [-0.39, 0.29) is 6.54 Å². The van der Waals surface area contributed by atoms with Gasteiger partial charge in [0, 0.05) is 20.8 Å². The van der Waals surface area contributed by atoms with E-state index in [4.69, 9.17) is 23.7 Å². The molecule has 10 heteroatoms. The van der Waals surface area contributed by atoms with E-state index in [0.717, 1.165) is 0 Å². The predicted octanol–water partition coefficient (Wildman–Crippen LogP) is 1.09. The highest BCUT2D eigenvalue weighted by atomic mass is 16.6. The molecule has 5 atom stereocenters. The monoisotopic (exact) mass is 403 g/mol. The molecule has 0 unspecified atom stereocenters. The lowest BCUT2D eigenvalue weighted by Crippen LogP contribution is -2.62. The van der Waals surface area contributed by atoms with Gasteiger partial charge in [0.05, 0.1) is 12.6 Å². The van der Waals surface area contributed by atoms with Crippen molar-refractivity contribution in [2.75, 3.05) is 6.54 Å². The lowest BCUT2D eigenvalue weighted by Gasteiger charge is -2.43. The maximum Gasteiger partial charge on any atom is 0.407 e. The Labute approximate surface area is 164 Å². The van der Waals surface area contributed by atoms with Crippen LogP contribution < -0.4 is 5.32 Å². The number of carbonyl (C=O) groups is 4. The molecule has 1 heterocycles. The number of amides is 1. The fraction of sp³-hybridized carbons (Fsp3) is 0.778. The molecule has 0 saturated carbocycles. The first-order valence-corrected chi connectivity index (χ1v) is 8.94. The number of rotatable bonds is 5. The molecule has 0 radical (unpaired) electrons. The van der Waals surface area contributed by atoms with Gasteiger partial charge in [-0.3, -0.25) is 14.4 Å². The van der Waals surface area contributed by atoms with E-state index in [2.05, 4.69) is 5.32 Å². The number of hydrogen-bond donors (Lipinski definition) is 1. The minimum absolute atomic E-state index is 0.0816. The summed E-state index contributed by atoms with van der Waals surface area (Å²) in [5.74, 6) is -1.90. The van der Waals surface area contributed by atoms with Crippen LogP contribution >= 0.6 is 0 Å². The molecule has 1 aliphatic rings. The average molecular weight is 403 g/mol. The lowest BCUT2D eigenvalue weighted by molar-refractivity contribution is -0.242. The minimum atomic E-state index is -1.10. The molecule has 0 aromatic rings. The summed E-state index contributed by atoms with van der Waals surface area (Å²) in [6.07, 6.45) is -5.41. The number of carbonyl (C=O) groups excluding carboxylic acids is 4. The van der Waals surface area contributed by atoms with Gasteiger partial charge < -0.3 is 29.0 Å². The van der Waals surface area contributed by atoms with E-state index >= 15 is 0 Å². The van der Waals surface area contributed by atoms with Gasteiger partial charge in [-0.1, -0.05) is 0 Å². The Balaban J connectivity index is 3.03. The van der Waals surface area contributed by atoms with Crippen molar-refractivity contribution in [1.82, 2.24) is 5.32 Å². The molecule has 0 aromatic heterocycles. The summed E-state index contributed by atoms with van der Waals surface area (Å²) in [5.41, 5.74) is -0.694. The Bertz CT molecular complexity index is 598. The topological polar surface area (TPSA) is 126 Å². The van der Waals surface area contributed by atoms with Crippen molar-refractivity contribution in [1.29, 1.82) is 0 Å². The Morgan fingerprint density at radius 1 is 0.857 bits per heavy atom. The highest BCUT2D eigenvalue weighted by Crippen LogP contribution is 2.28. The Morgan fingerprint density at radius 3 is 1.79 bits per heavy atom. The van der Waals surface area contributed by atoms with Crippen LogP contribution in [-0.4, -0.2) is 66.7 Å². The standard InChI is InChI=1S/C18H29NO9/c1-9-14(25-10(2)20)16(27-12(4)22)15(26-11(3)21)13(24-9)8-19-17(23)28-18(5,6)7/h9,13-16H,8H2,1-7H3,(H,19,23)/t9-,13+,14+,15+,16+/m0/s1. The Morgan fingerprint density at radius 2 is 1.32 bits per heavy atom. The molecule has 0 bridgehead atoms. The maximum absolute atomic E-state index is 11.9. The molecule has 0 aromatic carbocycles. The number of esters is 3. The number of nitrogens with one attached hydrogen (secondary N) is 1. The van der Waals surface area contributed by atoms with Crippen molar-refractivity contribution >= 4 is 24.0 Å². The second-order valence-electron chi connectivity index (χ2n) is 7.48. The van der Waals surface area contributed by atoms with Crippen molar-refractivity contribution in [2.45, 2.75) is 84.6 Å². The van der Waals surface area contributed by atoms with Crippen molar-refractivity contribution in [3.63, 3.8) is 0 Å². The van der Waals surface area contributed by atoms with Gasteiger partial charge in [0.25, 0.3) is 0 Å². The molecule has 1 N–H and O–H groups in total. The highest BCUT2D eigenvalue weighted by Gasteiger charge is 2.50. The average Bonchev–Trinajstić information content (AvgIpc) is 2.49. The first-order chi connectivity index (χ1) is 12.8. The van der Waals surface area contributed by atoms with Crippen LogP contribution in [0.4, 0.5) is 4.79 Å². The molecule has 1 fully saturated rings. The van der Waals surface area contributed by atoms with Crippen LogP contribution in [0.2, 0.25) is 0 Å². The minimum Gasteiger partial charge on any atom is -0.456 e. The highest BCUT2D eigenvalue weighted by molar-refractivity contribution is 5.69. The summed E-state index contributed by atoms with van der Waals surface area (Å²) in [4.78, 5) is 46.5. The van der Waals surface area contributed by atoms with Crippen molar-refractivity contribution < 1.29 is 42.9 Å². The third-order valence-corrected chi connectivity index (χ3v) is 3.62. The van der Waals surface area contributed by atoms with E-state index in [9.17, 15) is 19.2 Å². The van der Waals surface area contributed by atoms with Crippen LogP contribution in [0, 0.1) is 0 Å². The van der Waals surface area contributed by atoms with Gasteiger partial charge in [-0.2, -0.15) is 0 Å². The Hall–Kier alpha value is -2.36. The second-order valence-corrected chi connectivity index (χ2v) is 7.48. The first kappa shape index (κ1) is 23.7. The van der Waals surface area contributed by atoms with Gasteiger partial charge in [0.1, 0.15) is 11.7 Å². The molecule has 160 valence electrons. The SMILES string of the molecule is CC(=O)O[C@@H]1[C@H](OC(C)=O)[C@H](C)O[C@H](CNC(=O)OC(C)(C)C)[C@H]1OC(C)=O. The van der Waals surface area contributed by atoms with Crippen LogP contribution in [-0.2, 0) is 38.1 Å². The Kier molecular flexibility index (Phi) is 8.22. The van der Waals surface area contributed by atoms with Gasteiger partial charge in [0.15, 0.2) is 18.3 Å². The largest absolute Gasteiger partial charge is 0.456 e. The summed E-state index contributed by atoms with van der Waals surface area (Å²) in [5, 5.41) is 2.54. The lowest BCUT2D eigenvalue weighted by atomic mass is 9.94. The summed E-state index contributed by atoms with van der Waals surface area (Å²) >= 11 is 0. The molecular weight excluding hydrogens is 374 g/mol. The van der Waals surface area contributed by atoms with E-state index in [0.29, 0.717) is 0 Å². The third kappa shape index (κ3) is 7.71. The fourth-order valence-corrected chi connectivity index (χ4v) is 2.77. The number of ether oxygens (including phenoxy) is 5. The van der Waals surface area contributed by atoms with Crippen molar-refractivity contribution in [3.05, 3.63) is 0 Å². The van der Waals surface area contributed by atoms with Gasteiger partial charge in [-0.25, -0.2) is 4.79 Å². The van der Waals surface area contributed by atoms with Crippen LogP contribution in [0.15, 0.2) is 0 Å². The van der Waals surface area contributed by atoms with Gasteiger partial charge in [0.2, 0.25) is 0 Å².